The SMILES string of the molecule is C=CCOc1cccc(/C=C2/SC(=O)N(Cc3c(Cl)cccc3Cl)C2=O)c1. The highest BCUT2D eigenvalue weighted by Crippen LogP contribution is 2.35. The second kappa shape index (κ2) is 8.65. The number of benzene rings is 2. The molecule has 0 radical (unpaired) electrons. The van der Waals surface area contributed by atoms with Gasteiger partial charge in [-0.15, -0.1) is 0 Å². The van der Waals surface area contributed by atoms with E-state index in [-0.39, 0.29) is 17.7 Å². The van der Waals surface area contributed by atoms with Gasteiger partial charge in [-0.2, -0.15) is 0 Å². The van der Waals surface area contributed by atoms with Gasteiger partial charge in [0.1, 0.15) is 12.4 Å². The van der Waals surface area contributed by atoms with Gasteiger partial charge in [-0.3, -0.25) is 14.5 Å². The molecule has 3 rings (SSSR count). The van der Waals surface area contributed by atoms with Crippen molar-refractivity contribution in [3.8, 4) is 5.75 Å². The number of halogens is 2. The van der Waals surface area contributed by atoms with Crippen LogP contribution in [0.25, 0.3) is 6.08 Å². The second-order valence-corrected chi connectivity index (χ2v) is 7.45. The van der Waals surface area contributed by atoms with Crippen molar-refractivity contribution in [3.63, 3.8) is 0 Å². The third-order valence-corrected chi connectivity index (χ3v) is 5.39. The summed E-state index contributed by atoms with van der Waals surface area (Å²) in [6, 6.07) is 12.3. The summed E-state index contributed by atoms with van der Waals surface area (Å²) in [5, 5.41) is 0.469. The lowest BCUT2D eigenvalue weighted by Gasteiger charge is -2.14. The fourth-order valence-electron chi connectivity index (χ4n) is 2.48. The van der Waals surface area contributed by atoms with Gasteiger partial charge in [0, 0.05) is 15.6 Å². The molecule has 1 fully saturated rings. The predicted molar refractivity (Wildman–Crippen MR) is 110 cm³/mol. The van der Waals surface area contributed by atoms with E-state index in [0.717, 1.165) is 22.2 Å². The van der Waals surface area contributed by atoms with E-state index in [9.17, 15) is 9.59 Å². The molecular formula is C20H15Cl2NO3S. The third kappa shape index (κ3) is 4.56. The second-order valence-electron chi connectivity index (χ2n) is 5.64. The summed E-state index contributed by atoms with van der Waals surface area (Å²) < 4.78 is 5.49. The Kier molecular flexibility index (Phi) is 6.26. The number of amides is 2. The van der Waals surface area contributed by atoms with Crippen LogP contribution in [0.15, 0.2) is 60.0 Å². The molecule has 1 aliphatic rings. The lowest BCUT2D eigenvalue weighted by atomic mass is 10.2. The van der Waals surface area contributed by atoms with Gasteiger partial charge in [-0.25, -0.2) is 0 Å². The molecule has 2 aromatic carbocycles. The zero-order valence-corrected chi connectivity index (χ0v) is 16.5. The summed E-state index contributed by atoms with van der Waals surface area (Å²) in [6.45, 7) is 4.03. The first-order valence-electron chi connectivity index (χ1n) is 8.01. The lowest BCUT2D eigenvalue weighted by Crippen LogP contribution is -2.27. The number of imide groups is 1. The Morgan fingerprint density at radius 1 is 1.11 bits per heavy atom. The Bertz CT molecular complexity index is 922. The maximum atomic E-state index is 12.7. The molecule has 27 heavy (non-hydrogen) atoms. The van der Waals surface area contributed by atoms with E-state index in [1.54, 1.807) is 36.4 Å². The molecule has 0 unspecified atom stereocenters. The number of hydrogen-bond donors (Lipinski definition) is 0. The zero-order valence-electron chi connectivity index (χ0n) is 14.2. The van der Waals surface area contributed by atoms with Gasteiger partial charge in [-0.1, -0.05) is 54.1 Å². The Morgan fingerprint density at radius 2 is 1.81 bits per heavy atom. The Labute approximate surface area is 171 Å². The zero-order chi connectivity index (χ0) is 19.4. The van der Waals surface area contributed by atoms with Gasteiger partial charge in [0.05, 0.1) is 11.4 Å². The average Bonchev–Trinajstić information content (AvgIpc) is 2.90. The highest BCUT2D eigenvalue weighted by Gasteiger charge is 2.35. The number of hydrogen-bond acceptors (Lipinski definition) is 4. The maximum Gasteiger partial charge on any atom is 0.293 e. The van der Waals surface area contributed by atoms with Crippen LogP contribution in [0.3, 0.4) is 0 Å². The standard InChI is InChI=1S/C20H15Cl2NO3S/c1-2-9-26-14-6-3-5-13(10-14)11-18-19(24)23(20(25)27-18)12-15-16(21)7-4-8-17(15)22/h2-8,10-11H,1,9,12H2/b18-11+. The van der Waals surface area contributed by atoms with Gasteiger partial charge in [0.25, 0.3) is 11.1 Å². The van der Waals surface area contributed by atoms with Crippen LogP contribution in [0.2, 0.25) is 10.0 Å². The molecule has 0 atom stereocenters. The van der Waals surface area contributed by atoms with Crippen molar-refractivity contribution >= 4 is 52.2 Å². The van der Waals surface area contributed by atoms with Crippen LogP contribution in [-0.2, 0) is 11.3 Å². The quantitative estimate of drug-likeness (QED) is 0.438. The maximum absolute atomic E-state index is 12.7. The molecule has 1 aliphatic heterocycles. The highest BCUT2D eigenvalue weighted by molar-refractivity contribution is 8.18. The van der Waals surface area contributed by atoms with Crippen LogP contribution < -0.4 is 4.74 Å². The molecular weight excluding hydrogens is 405 g/mol. The van der Waals surface area contributed by atoms with Crippen molar-refractivity contribution in [1.82, 2.24) is 4.90 Å². The number of thioether (sulfide) groups is 1. The van der Waals surface area contributed by atoms with Crippen molar-refractivity contribution < 1.29 is 14.3 Å². The Hall–Kier alpha value is -2.21. The van der Waals surface area contributed by atoms with E-state index >= 15 is 0 Å². The molecule has 0 aromatic heterocycles. The van der Waals surface area contributed by atoms with Gasteiger partial charge in [0.2, 0.25) is 0 Å². The average molecular weight is 420 g/mol. The van der Waals surface area contributed by atoms with E-state index in [4.69, 9.17) is 27.9 Å². The molecule has 1 heterocycles. The van der Waals surface area contributed by atoms with Gasteiger partial charge in [0.15, 0.2) is 0 Å². The number of carbonyl (C=O) groups is 2. The van der Waals surface area contributed by atoms with E-state index in [1.165, 1.54) is 0 Å². The minimum Gasteiger partial charge on any atom is -0.490 e. The minimum atomic E-state index is -0.376. The van der Waals surface area contributed by atoms with E-state index in [1.807, 2.05) is 18.2 Å². The van der Waals surface area contributed by atoms with E-state index < -0.39 is 0 Å². The van der Waals surface area contributed by atoms with Crippen LogP contribution in [0.4, 0.5) is 4.79 Å². The molecule has 0 saturated carbocycles. The van der Waals surface area contributed by atoms with Crippen molar-refractivity contribution in [2.45, 2.75) is 6.54 Å². The molecule has 2 amide bonds. The molecule has 7 heteroatoms. The largest absolute Gasteiger partial charge is 0.490 e. The number of ether oxygens (including phenoxy) is 1. The molecule has 138 valence electrons. The Morgan fingerprint density at radius 3 is 2.52 bits per heavy atom. The molecule has 0 aliphatic carbocycles. The van der Waals surface area contributed by atoms with Gasteiger partial charge >= 0.3 is 0 Å². The van der Waals surface area contributed by atoms with Gasteiger partial charge < -0.3 is 4.74 Å². The summed E-state index contributed by atoms with van der Waals surface area (Å²) in [5.41, 5.74) is 1.31. The van der Waals surface area contributed by atoms with Crippen molar-refractivity contribution in [2.75, 3.05) is 6.61 Å². The van der Waals surface area contributed by atoms with E-state index in [0.29, 0.717) is 32.9 Å². The van der Waals surface area contributed by atoms with Crippen LogP contribution in [-0.4, -0.2) is 22.7 Å². The summed E-state index contributed by atoms with van der Waals surface area (Å²) in [4.78, 5) is 26.5. The molecule has 0 N–H and O–H groups in total. The summed E-state index contributed by atoms with van der Waals surface area (Å²) >= 11 is 13.2. The molecule has 2 aromatic rings. The smallest absolute Gasteiger partial charge is 0.293 e. The molecule has 1 saturated heterocycles. The van der Waals surface area contributed by atoms with Crippen LogP contribution in [0, 0.1) is 0 Å². The first kappa shape index (κ1) is 19.5. The van der Waals surface area contributed by atoms with Gasteiger partial charge in [-0.05, 0) is 47.7 Å². The predicted octanol–water partition coefficient (Wildman–Crippen LogP) is 5.79. The summed E-state index contributed by atoms with van der Waals surface area (Å²) in [5.74, 6) is 0.282. The third-order valence-electron chi connectivity index (χ3n) is 3.78. The fourth-order valence-corrected chi connectivity index (χ4v) is 3.83. The monoisotopic (exact) mass is 419 g/mol. The number of nitrogens with zero attached hydrogens (tertiary/aromatic N) is 1. The van der Waals surface area contributed by atoms with Crippen molar-refractivity contribution in [2.24, 2.45) is 0 Å². The van der Waals surface area contributed by atoms with Crippen LogP contribution in [0.1, 0.15) is 11.1 Å². The lowest BCUT2D eigenvalue weighted by molar-refractivity contribution is -0.123. The number of carbonyl (C=O) groups excluding carboxylic acids is 2. The normalized spacial score (nSPS) is 15.5. The van der Waals surface area contributed by atoms with Crippen LogP contribution in [0.5, 0.6) is 5.75 Å². The minimum absolute atomic E-state index is 0.0308. The van der Waals surface area contributed by atoms with Crippen molar-refractivity contribution in [3.05, 3.63) is 81.2 Å². The highest BCUT2D eigenvalue weighted by atomic mass is 35.5. The summed E-state index contributed by atoms with van der Waals surface area (Å²) in [6.07, 6.45) is 3.32. The summed E-state index contributed by atoms with van der Waals surface area (Å²) in [7, 11) is 0. The molecule has 4 nitrogen and oxygen atoms in total. The number of rotatable bonds is 6. The van der Waals surface area contributed by atoms with E-state index in [2.05, 4.69) is 6.58 Å². The first-order chi connectivity index (χ1) is 13.0. The molecule has 0 spiro atoms. The first-order valence-corrected chi connectivity index (χ1v) is 9.59. The topological polar surface area (TPSA) is 46.6 Å². The fraction of sp³-hybridized carbons (Fsp3) is 0.100. The molecule has 0 bridgehead atoms. The Balaban J connectivity index is 1.81. The van der Waals surface area contributed by atoms with Crippen molar-refractivity contribution in [1.29, 1.82) is 0 Å². The van der Waals surface area contributed by atoms with Crippen LogP contribution >= 0.6 is 35.0 Å².